The van der Waals surface area contributed by atoms with Gasteiger partial charge >= 0.3 is 6.03 Å². The molecule has 2 heterocycles. The summed E-state index contributed by atoms with van der Waals surface area (Å²) in [4.78, 5) is 24.4. The number of hydrogen-bond acceptors (Lipinski definition) is 4. The van der Waals surface area contributed by atoms with Gasteiger partial charge in [0.05, 0.1) is 13.7 Å². The number of rotatable bonds is 3. The lowest BCUT2D eigenvalue weighted by Gasteiger charge is -2.20. The highest BCUT2D eigenvalue weighted by Crippen LogP contribution is 2.31. The van der Waals surface area contributed by atoms with E-state index in [2.05, 4.69) is 22.5 Å². The van der Waals surface area contributed by atoms with Crippen LogP contribution in [0.2, 0.25) is 0 Å². The largest absolute Gasteiger partial charge is 0.497 e. The lowest BCUT2D eigenvalue weighted by atomic mass is 10.00. The predicted molar refractivity (Wildman–Crippen MR) is 103 cm³/mol. The van der Waals surface area contributed by atoms with Crippen molar-refractivity contribution in [3.63, 3.8) is 0 Å². The molecule has 3 amide bonds. The molecule has 1 atom stereocenters. The Morgan fingerprint density at radius 1 is 1.18 bits per heavy atom. The molecule has 2 aromatic carbocycles. The number of benzene rings is 2. The van der Waals surface area contributed by atoms with Crippen LogP contribution in [0.5, 0.6) is 11.6 Å². The number of carbonyl (C=O) groups excluding carboxylic acids is 2. The van der Waals surface area contributed by atoms with Crippen LogP contribution >= 0.6 is 0 Å². The maximum absolute atomic E-state index is 12.5. The Morgan fingerprint density at radius 3 is 2.64 bits per heavy atom. The molecule has 4 rings (SSSR count). The molecule has 140 valence electrons. The fraction of sp³-hybridized carbons (Fsp3) is 0.143. The molecule has 0 unspecified atom stereocenters. The minimum atomic E-state index is -1.50. The summed E-state index contributed by atoms with van der Waals surface area (Å²) in [6, 6.07) is 13.8. The first-order valence-electron chi connectivity index (χ1n) is 8.58. The molecule has 7 heteroatoms. The number of nitrogens with one attached hydrogen (secondary N) is 2. The third kappa shape index (κ3) is 3.01. The molecule has 1 aliphatic rings. The van der Waals surface area contributed by atoms with Crippen LogP contribution in [0.4, 0.5) is 4.79 Å². The van der Waals surface area contributed by atoms with Crippen LogP contribution in [-0.2, 0) is 11.3 Å². The molecular weight excluding hydrogens is 358 g/mol. The fourth-order valence-electron chi connectivity index (χ4n) is 3.16. The summed E-state index contributed by atoms with van der Waals surface area (Å²) in [5.41, 5.74) is -0.786. The maximum Gasteiger partial charge on any atom is 0.323 e. The zero-order chi connectivity index (χ0) is 19.7. The number of hydrogen-bond donors (Lipinski definition) is 3. The van der Waals surface area contributed by atoms with Crippen LogP contribution in [0.1, 0.15) is 5.56 Å². The van der Waals surface area contributed by atoms with Gasteiger partial charge in [-0.1, -0.05) is 30.0 Å². The van der Waals surface area contributed by atoms with E-state index < -0.39 is 17.5 Å². The summed E-state index contributed by atoms with van der Waals surface area (Å²) in [6.45, 7) is -0.0484. The molecule has 0 radical (unpaired) electrons. The molecule has 0 aliphatic carbocycles. The number of ether oxygens (including phenoxy) is 1. The molecule has 0 saturated carbocycles. The van der Waals surface area contributed by atoms with Gasteiger partial charge in [0.2, 0.25) is 5.54 Å². The Hall–Kier alpha value is -3.92. The van der Waals surface area contributed by atoms with Crippen molar-refractivity contribution < 1.29 is 19.4 Å². The Labute approximate surface area is 160 Å². The molecule has 3 N–H and O–H groups in total. The van der Waals surface area contributed by atoms with E-state index >= 15 is 0 Å². The number of methoxy groups -OCH3 is 1. The van der Waals surface area contributed by atoms with Crippen molar-refractivity contribution in [3.05, 3.63) is 60.3 Å². The van der Waals surface area contributed by atoms with Crippen LogP contribution in [0, 0.1) is 11.8 Å². The quantitative estimate of drug-likeness (QED) is 0.482. The van der Waals surface area contributed by atoms with Gasteiger partial charge in [-0.25, -0.2) is 4.79 Å². The highest BCUT2D eigenvalue weighted by atomic mass is 16.5. The van der Waals surface area contributed by atoms with Crippen LogP contribution in [0.3, 0.4) is 0 Å². The van der Waals surface area contributed by atoms with Gasteiger partial charge in [0, 0.05) is 22.5 Å². The van der Waals surface area contributed by atoms with Gasteiger partial charge in [-0.15, -0.1) is 0 Å². The van der Waals surface area contributed by atoms with Crippen molar-refractivity contribution in [2.75, 3.05) is 7.11 Å². The summed E-state index contributed by atoms with van der Waals surface area (Å²) in [5.74, 6) is 5.82. The zero-order valence-corrected chi connectivity index (χ0v) is 15.0. The second-order valence-corrected chi connectivity index (χ2v) is 6.46. The van der Waals surface area contributed by atoms with Crippen molar-refractivity contribution in [2.24, 2.45) is 0 Å². The van der Waals surface area contributed by atoms with Gasteiger partial charge in [0.15, 0.2) is 5.88 Å². The fourth-order valence-corrected chi connectivity index (χ4v) is 3.16. The SMILES string of the molecule is COc1ccc2cn(C[C@@]3(C#Cc4ccccc4)NC(=O)NC3=O)c(O)c2c1. The summed E-state index contributed by atoms with van der Waals surface area (Å²) >= 11 is 0. The van der Waals surface area contributed by atoms with Crippen molar-refractivity contribution >= 4 is 22.7 Å². The van der Waals surface area contributed by atoms with Crippen LogP contribution < -0.4 is 15.4 Å². The lowest BCUT2D eigenvalue weighted by Crippen LogP contribution is -2.49. The van der Waals surface area contributed by atoms with Crippen LogP contribution in [0.25, 0.3) is 10.8 Å². The predicted octanol–water partition coefficient (Wildman–Crippen LogP) is 1.99. The maximum atomic E-state index is 12.5. The van der Waals surface area contributed by atoms with Crippen molar-refractivity contribution in [3.8, 4) is 23.5 Å². The standard InChI is InChI=1S/C21H17N3O4/c1-28-16-8-7-15-12-24(18(25)17(15)11-16)13-21(19(26)22-20(27)23-21)10-9-14-5-3-2-4-6-14/h2-8,11-12,25H,13H2,1H3,(H2,22,23,26,27)/t21-/m1/s1. The van der Waals surface area contributed by atoms with Crippen LogP contribution in [0.15, 0.2) is 54.7 Å². The minimum absolute atomic E-state index is 0.0382. The molecule has 7 nitrogen and oxygen atoms in total. The first-order valence-corrected chi connectivity index (χ1v) is 8.58. The smallest absolute Gasteiger partial charge is 0.323 e. The molecule has 28 heavy (non-hydrogen) atoms. The van der Waals surface area contributed by atoms with E-state index in [-0.39, 0.29) is 12.4 Å². The summed E-state index contributed by atoms with van der Waals surface area (Å²) in [7, 11) is 1.54. The highest BCUT2D eigenvalue weighted by Gasteiger charge is 2.46. The van der Waals surface area contributed by atoms with E-state index in [1.165, 1.54) is 4.57 Å². The average molecular weight is 375 g/mol. The van der Waals surface area contributed by atoms with E-state index in [4.69, 9.17) is 4.74 Å². The number of aromatic hydroxyl groups is 1. The number of urea groups is 1. The van der Waals surface area contributed by atoms with Crippen molar-refractivity contribution in [1.82, 2.24) is 15.2 Å². The zero-order valence-electron chi connectivity index (χ0n) is 15.0. The molecule has 1 aliphatic heterocycles. The van der Waals surface area contributed by atoms with Crippen molar-refractivity contribution in [1.29, 1.82) is 0 Å². The highest BCUT2D eigenvalue weighted by molar-refractivity contribution is 6.09. The third-order valence-corrected chi connectivity index (χ3v) is 4.61. The molecule has 1 saturated heterocycles. The topological polar surface area (TPSA) is 92.6 Å². The second-order valence-electron chi connectivity index (χ2n) is 6.46. The molecule has 0 bridgehead atoms. The first kappa shape index (κ1) is 17.5. The Kier molecular flexibility index (Phi) is 4.17. The average Bonchev–Trinajstić information content (AvgIpc) is 3.16. The van der Waals surface area contributed by atoms with E-state index in [1.807, 2.05) is 30.3 Å². The molecule has 1 fully saturated rings. The number of aromatic nitrogens is 1. The Bertz CT molecular complexity index is 1140. The van der Waals surface area contributed by atoms with Gasteiger partial charge in [0.25, 0.3) is 5.91 Å². The number of carbonyl (C=O) groups is 2. The third-order valence-electron chi connectivity index (χ3n) is 4.61. The van der Waals surface area contributed by atoms with E-state index in [0.29, 0.717) is 16.7 Å². The van der Waals surface area contributed by atoms with Gasteiger partial charge in [0.1, 0.15) is 5.75 Å². The summed E-state index contributed by atoms with van der Waals surface area (Å²) in [6.07, 6.45) is 1.70. The minimum Gasteiger partial charge on any atom is -0.497 e. The lowest BCUT2D eigenvalue weighted by molar-refractivity contribution is -0.122. The van der Waals surface area contributed by atoms with E-state index in [0.717, 1.165) is 5.39 Å². The van der Waals surface area contributed by atoms with Gasteiger partial charge in [-0.05, 0) is 30.3 Å². The summed E-state index contributed by atoms with van der Waals surface area (Å²) in [5, 5.41) is 16.8. The molecular formula is C21H17N3O4. The van der Waals surface area contributed by atoms with Crippen LogP contribution in [-0.4, -0.2) is 34.3 Å². The number of amides is 3. The van der Waals surface area contributed by atoms with Gasteiger partial charge < -0.3 is 19.7 Å². The van der Waals surface area contributed by atoms with E-state index in [9.17, 15) is 14.7 Å². The number of fused-ring (bicyclic) bond motifs is 1. The summed E-state index contributed by atoms with van der Waals surface area (Å²) < 4.78 is 6.69. The molecule has 0 spiro atoms. The number of nitrogens with zero attached hydrogens (tertiary/aromatic N) is 1. The monoisotopic (exact) mass is 375 g/mol. The Balaban J connectivity index is 1.76. The molecule has 3 aromatic rings. The van der Waals surface area contributed by atoms with Crippen molar-refractivity contribution in [2.45, 2.75) is 12.1 Å². The Morgan fingerprint density at radius 2 is 1.96 bits per heavy atom. The first-order chi connectivity index (χ1) is 13.5. The van der Waals surface area contributed by atoms with Gasteiger partial charge in [-0.3, -0.25) is 10.1 Å². The van der Waals surface area contributed by atoms with Gasteiger partial charge in [-0.2, -0.15) is 0 Å². The molecule has 1 aromatic heterocycles. The second kappa shape index (κ2) is 6.67. The van der Waals surface area contributed by atoms with E-state index in [1.54, 1.807) is 31.5 Å². The number of imide groups is 1. The normalized spacial score (nSPS) is 18.3.